The minimum Gasteiger partial charge on any atom is -0.491 e. The van der Waals surface area contributed by atoms with Crippen LogP contribution in [-0.4, -0.2) is 62.7 Å². The van der Waals surface area contributed by atoms with E-state index in [1.807, 2.05) is 25.1 Å². The van der Waals surface area contributed by atoms with E-state index in [0.717, 1.165) is 6.54 Å². The third-order valence-electron chi connectivity index (χ3n) is 5.52. The summed E-state index contributed by atoms with van der Waals surface area (Å²) in [5.74, 6) is 0.298. The molecular weight excluding hydrogens is 394 g/mol. The first-order valence-corrected chi connectivity index (χ1v) is 10.5. The van der Waals surface area contributed by atoms with Gasteiger partial charge in [-0.15, -0.1) is 0 Å². The number of ether oxygens (including phenoxy) is 2. The molecule has 1 aliphatic heterocycles. The quantitative estimate of drug-likeness (QED) is 0.790. The van der Waals surface area contributed by atoms with Crippen molar-refractivity contribution < 1.29 is 19.1 Å². The molecule has 0 fully saturated rings. The van der Waals surface area contributed by atoms with E-state index in [1.54, 1.807) is 49.4 Å². The molecule has 0 saturated carbocycles. The highest BCUT2D eigenvalue weighted by atomic mass is 16.5. The first-order valence-electron chi connectivity index (χ1n) is 10.5. The van der Waals surface area contributed by atoms with E-state index in [2.05, 4.69) is 17.6 Å². The number of hydrogen-bond donors (Lipinski definition) is 2. The second kappa shape index (κ2) is 10.4. The summed E-state index contributed by atoms with van der Waals surface area (Å²) in [5, 5.41) is 6.33. The molecule has 0 saturated heterocycles. The van der Waals surface area contributed by atoms with Crippen LogP contribution in [0.5, 0.6) is 5.75 Å². The zero-order valence-corrected chi connectivity index (χ0v) is 18.6. The van der Waals surface area contributed by atoms with Gasteiger partial charge in [-0.3, -0.25) is 9.59 Å². The van der Waals surface area contributed by atoms with Gasteiger partial charge in [-0.2, -0.15) is 0 Å². The number of benzene rings is 2. The molecule has 2 amide bonds. The summed E-state index contributed by atoms with van der Waals surface area (Å²) in [7, 11) is 3.42. The molecule has 0 spiro atoms. The van der Waals surface area contributed by atoms with E-state index in [1.165, 1.54) is 0 Å². The number of carbonyl (C=O) groups is 2. The van der Waals surface area contributed by atoms with Gasteiger partial charge in [0.2, 0.25) is 0 Å². The number of anilines is 1. The standard InChI is InChI=1S/C24H31N3O4/c1-16-13-25-17(2)15-31-21-11-10-19(26-23(28)18-8-6-5-7-9-18)12-20(21)24(29)27(3)14-22(16)30-4/h5-12,16-17,22,25H,13-15H2,1-4H3,(H,26,28)/t16-,17+,22-/m1/s1. The van der Waals surface area contributed by atoms with Crippen LogP contribution in [0.15, 0.2) is 48.5 Å². The first-order chi connectivity index (χ1) is 14.9. The van der Waals surface area contributed by atoms with Crippen LogP contribution < -0.4 is 15.4 Å². The summed E-state index contributed by atoms with van der Waals surface area (Å²) in [6.07, 6.45) is -0.0987. The average Bonchev–Trinajstić information content (AvgIpc) is 2.79. The van der Waals surface area contributed by atoms with Crippen LogP contribution in [0.2, 0.25) is 0 Å². The Balaban J connectivity index is 1.88. The van der Waals surface area contributed by atoms with Gasteiger partial charge in [-0.25, -0.2) is 0 Å². The summed E-state index contributed by atoms with van der Waals surface area (Å²) in [6, 6.07) is 14.2. The van der Waals surface area contributed by atoms with Crippen molar-refractivity contribution in [3.63, 3.8) is 0 Å². The molecule has 0 aromatic heterocycles. The smallest absolute Gasteiger partial charge is 0.257 e. The number of rotatable bonds is 3. The third kappa shape index (κ3) is 5.83. The van der Waals surface area contributed by atoms with Gasteiger partial charge in [0.15, 0.2) is 0 Å². The van der Waals surface area contributed by atoms with Gasteiger partial charge in [0.25, 0.3) is 11.8 Å². The van der Waals surface area contributed by atoms with Crippen molar-refractivity contribution in [2.24, 2.45) is 5.92 Å². The predicted molar refractivity (Wildman–Crippen MR) is 121 cm³/mol. The summed E-state index contributed by atoms with van der Waals surface area (Å²) < 4.78 is 11.6. The minimum atomic E-state index is -0.235. The van der Waals surface area contributed by atoms with Crippen molar-refractivity contribution in [1.29, 1.82) is 0 Å². The lowest BCUT2D eigenvalue weighted by Crippen LogP contribution is -2.44. The molecule has 1 aliphatic rings. The van der Waals surface area contributed by atoms with Crippen LogP contribution >= 0.6 is 0 Å². The van der Waals surface area contributed by atoms with Crippen molar-refractivity contribution >= 4 is 17.5 Å². The number of methoxy groups -OCH3 is 1. The minimum absolute atomic E-state index is 0.0987. The van der Waals surface area contributed by atoms with E-state index in [0.29, 0.717) is 35.7 Å². The molecular formula is C24H31N3O4. The topological polar surface area (TPSA) is 79.9 Å². The molecule has 2 aromatic carbocycles. The van der Waals surface area contributed by atoms with Crippen LogP contribution in [0, 0.1) is 5.92 Å². The Bertz CT molecular complexity index is 903. The van der Waals surface area contributed by atoms with Gasteiger partial charge >= 0.3 is 0 Å². The van der Waals surface area contributed by atoms with Crippen molar-refractivity contribution in [3.05, 3.63) is 59.7 Å². The maximum Gasteiger partial charge on any atom is 0.257 e. The highest BCUT2D eigenvalue weighted by Gasteiger charge is 2.25. The van der Waals surface area contributed by atoms with Gasteiger partial charge in [-0.1, -0.05) is 25.1 Å². The molecule has 1 heterocycles. The molecule has 7 nitrogen and oxygen atoms in total. The van der Waals surface area contributed by atoms with Gasteiger partial charge < -0.3 is 25.0 Å². The molecule has 3 atom stereocenters. The lowest BCUT2D eigenvalue weighted by atomic mass is 10.0. The second-order valence-corrected chi connectivity index (χ2v) is 8.09. The van der Waals surface area contributed by atoms with E-state index in [9.17, 15) is 9.59 Å². The SMILES string of the molecule is CO[C@@H]1CN(C)C(=O)c2cc(NC(=O)c3ccccc3)ccc2OC[C@H](C)NC[C@H]1C. The molecule has 7 heteroatoms. The maximum absolute atomic E-state index is 13.3. The number of nitrogens with one attached hydrogen (secondary N) is 2. The van der Waals surface area contributed by atoms with Gasteiger partial charge in [0.1, 0.15) is 12.4 Å². The summed E-state index contributed by atoms with van der Waals surface area (Å²) in [6.45, 7) is 5.78. The van der Waals surface area contributed by atoms with Crippen molar-refractivity contribution in [2.45, 2.75) is 26.0 Å². The second-order valence-electron chi connectivity index (χ2n) is 8.09. The lowest BCUT2D eigenvalue weighted by Gasteiger charge is -2.30. The van der Waals surface area contributed by atoms with E-state index in [-0.39, 0.29) is 29.9 Å². The number of amides is 2. The molecule has 0 unspecified atom stereocenters. The Morgan fingerprint density at radius 3 is 2.65 bits per heavy atom. The van der Waals surface area contributed by atoms with Crippen LogP contribution in [0.1, 0.15) is 34.6 Å². The van der Waals surface area contributed by atoms with E-state index >= 15 is 0 Å². The fourth-order valence-electron chi connectivity index (χ4n) is 3.53. The molecule has 0 aliphatic carbocycles. The highest BCUT2D eigenvalue weighted by Crippen LogP contribution is 2.26. The highest BCUT2D eigenvalue weighted by molar-refractivity contribution is 6.05. The monoisotopic (exact) mass is 425 g/mol. The predicted octanol–water partition coefficient (Wildman–Crippen LogP) is 3.03. The van der Waals surface area contributed by atoms with Gasteiger partial charge in [0.05, 0.1) is 11.7 Å². The molecule has 2 N–H and O–H groups in total. The van der Waals surface area contributed by atoms with Gasteiger partial charge in [-0.05, 0) is 43.2 Å². The first kappa shape index (κ1) is 22.8. The van der Waals surface area contributed by atoms with E-state index in [4.69, 9.17) is 9.47 Å². The van der Waals surface area contributed by atoms with Crippen molar-refractivity contribution in [2.75, 3.05) is 39.2 Å². The third-order valence-corrected chi connectivity index (χ3v) is 5.52. The summed E-state index contributed by atoms with van der Waals surface area (Å²) in [5.41, 5.74) is 1.49. The zero-order valence-electron chi connectivity index (χ0n) is 18.6. The zero-order chi connectivity index (χ0) is 22.4. The van der Waals surface area contributed by atoms with Gasteiger partial charge in [0, 0.05) is 44.5 Å². The van der Waals surface area contributed by atoms with Crippen LogP contribution in [0.25, 0.3) is 0 Å². The number of hydrogen-bond acceptors (Lipinski definition) is 5. The molecule has 2 aromatic rings. The maximum atomic E-state index is 13.3. The molecule has 0 bridgehead atoms. The lowest BCUT2D eigenvalue weighted by molar-refractivity contribution is 0.0281. The fourth-order valence-corrected chi connectivity index (χ4v) is 3.53. The number of likely N-dealkylation sites (N-methyl/N-ethyl adjacent to an activating group) is 1. The number of carbonyl (C=O) groups excluding carboxylic acids is 2. The molecule has 3 rings (SSSR count). The Morgan fingerprint density at radius 1 is 1.19 bits per heavy atom. The number of nitrogens with zero attached hydrogens (tertiary/aromatic N) is 1. The van der Waals surface area contributed by atoms with Crippen LogP contribution in [-0.2, 0) is 4.74 Å². The largest absolute Gasteiger partial charge is 0.491 e. The van der Waals surface area contributed by atoms with E-state index < -0.39 is 0 Å². The fraction of sp³-hybridized carbons (Fsp3) is 0.417. The summed E-state index contributed by atoms with van der Waals surface area (Å²) in [4.78, 5) is 27.4. The Hall–Kier alpha value is -2.90. The average molecular weight is 426 g/mol. The van der Waals surface area contributed by atoms with Crippen molar-refractivity contribution in [3.8, 4) is 5.75 Å². The molecule has 31 heavy (non-hydrogen) atoms. The Labute approximate surface area is 183 Å². The van der Waals surface area contributed by atoms with Crippen LogP contribution in [0.3, 0.4) is 0 Å². The van der Waals surface area contributed by atoms with Crippen LogP contribution in [0.4, 0.5) is 5.69 Å². The normalized spacial score (nSPS) is 22.5. The molecule has 166 valence electrons. The number of fused-ring (bicyclic) bond motifs is 1. The Morgan fingerprint density at radius 2 is 1.94 bits per heavy atom. The Kier molecular flexibility index (Phi) is 7.65. The van der Waals surface area contributed by atoms with Crippen molar-refractivity contribution in [1.82, 2.24) is 10.2 Å². The summed E-state index contributed by atoms with van der Waals surface area (Å²) >= 11 is 0. The molecule has 0 radical (unpaired) electrons.